The Balaban J connectivity index is 1.39. The van der Waals surface area contributed by atoms with Crippen molar-refractivity contribution in [1.29, 1.82) is 0 Å². The first-order chi connectivity index (χ1) is 18.4. The van der Waals surface area contributed by atoms with Crippen LogP contribution in [0.1, 0.15) is 54.6 Å². The number of carbonyl (C=O) groups excluding carboxylic acids is 1. The molecule has 1 fully saturated rings. The molecule has 6 nitrogen and oxygen atoms in total. The standard InChI is InChI=1S/C30H29ClFN3O3/c31-23-10-5-20(6-11-23)29-26(3-1-2-4-28(36)37)33-27-17-21(9-14-25(27)34-29)30(38)35-16-15-22(18-35)19-7-12-24(32)13-8-19/h5-7,9-12,14,17,22H,1-4,8,13,15-16,18H2,(H,36,37). The van der Waals surface area contributed by atoms with Crippen molar-refractivity contribution >= 4 is 34.5 Å². The number of carboxylic acid groups (broad SMARTS) is 1. The van der Waals surface area contributed by atoms with E-state index in [0.29, 0.717) is 66.8 Å². The Morgan fingerprint density at radius 3 is 2.58 bits per heavy atom. The molecule has 1 aliphatic heterocycles. The third-order valence-electron chi connectivity index (χ3n) is 7.29. The Morgan fingerprint density at radius 2 is 1.84 bits per heavy atom. The van der Waals surface area contributed by atoms with Crippen LogP contribution in [0.5, 0.6) is 0 Å². The summed E-state index contributed by atoms with van der Waals surface area (Å²) < 4.78 is 13.4. The molecule has 8 heteroatoms. The quantitative estimate of drug-likeness (QED) is 0.322. The minimum atomic E-state index is -0.816. The monoisotopic (exact) mass is 533 g/mol. The van der Waals surface area contributed by atoms with Gasteiger partial charge in [0, 0.05) is 42.1 Å². The van der Waals surface area contributed by atoms with Gasteiger partial charge >= 0.3 is 5.97 Å². The topological polar surface area (TPSA) is 83.4 Å². The number of amides is 1. The fourth-order valence-corrected chi connectivity index (χ4v) is 5.33. The third-order valence-corrected chi connectivity index (χ3v) is 7.54. The summed E-state index contributed by atoms with van der Waals surface area (Å²) in [6.45, 7) is 1.30. The molecular weight excluding hydrogens is 505 g/mol. The van der Waals surface area contributed by atoms with Gasteiger partial charge in [-0.05, 0) is 74.4 Å². The molecule has 1 amide bonds. The van der Waals surface area contributed by atoms with Crippen LogP contribution in [0.3, 0.4) is 0 Å². The Morgan fingerprint density at radius 1 is 1.03 bits per heavy atom. The highest BCUT2D eigenvalue weighted by Gasteiger charge is 2.30. The molecule has 2 heterocycles. The van der Waals surface area contributed by atoms with E-state index in [0.717, 1.165) is 23.4 Å². The van der Waals surface area contributed by atoms with E-state index in [1.165, 1.54) is 5.57 Å². The number of fused-ring (bicyclic) bond motifs is 1. The van der Waals surface area contributed by atoms with E-state index in [1.807, 2.05) is 29.2 Å². The molecule has 0 saturated carbocycles. The molecule has 2 aliphatic rings. The van der Waals surface area contributed by atoms with Crippen molar-refractivity contribution in [2.75, 3.05) is 13.1 Å². The van der Waals surface area contributed by atoms with E-state index in [4.69, 9.17) is 26.7 Å². The van der Waals surface area contributed by atoms with Crippen LogP contribution in [0.2, 0.25) is 5.02 Å². The van der Waals surface area contributed by atoms with E-state index in [1.54, 1.807) is 30.3 Å². The number of rotatable bonds is 8. The Bertz CT molecular complexity index is 1430. The fraction of sp³-hybridized carbons (Fsp3) is 0.333. The molecule has 5 rings (SSSR count). The predicted molar refractivity (Wildman–Crippen MR) is 146 cm³/mol. The zero-order valence-electron chi connectivity index (χ0n) is 21.0. The SMILES string of the molecule is O=C(O)CCCCc1nc2cc(C(=O)N3CCC(C4=CC=C(F)CC4)C3)ccc2nc1-c1ccc(Cl)cc1. The van der Waals surface area contributed by atoms with Crippen LogP contribution in [0.15, 0.2) is 66.0 Å². The largest absolute Gasteiger partial charge is 0.481 e. The van der Waals surface area contributed by atoms with Gasteiger partial charge in [-0.25, -0.2) is 14.4 Å². The van der Waals surface area contributed by atoms with Crippen LogP contribution in [-0.2, 0) is 11.2 Å². The average molecular weight is 534 g/mol. The molecule has 38 heavy (non-hydrogen) atoms. The lowest BCUT2D eigenvalue weighted by molar-refractivity contribution is -0.137. The lowest BCUT2D eigenvalue weighted by Gasteiger charge is -2.19. The number of carboxylic acids is 1. The number of aryl methyl sites for hydroxylation is 1. The van der Waals surface area contributed by atoms with Crippen LogP contribution in [0.4, 0.5) is 4.39 Å². The number of allylic oxidation sites excluding steroid dienone is 3. The van der Waals surface area contributed by atoms with Gasteiger partial charge < -0.3 is 10.0 Å². The number of aromatic nitrogens is 2. The number of likely N-dealkylation sites (tertiary alicyclic amines) is 1. The second-order valence-corrected chi connectivity index (χ2v) is 10.4. The highest BCUT2D eigenvalue weighted by Crippen LogP contribution is 2.32. The van der Waals surface area contributed by atoms with Crippen LogP contribution in [0.25, 0.3) is 22.3 Å². The van der Waals surface area contributed by atoms with Gasteiger partial charge in [0.05, 0.1) is 22.4 Å². The van der Waals surface area contributed by atoms with Gasteiger partial charge in [0.2, 0.25) is 0 Å². The summed E-state index contributed by atoms with van der Waals surface area (Å²) in [7, 11) is 0. The van der Waals surface area contributed by atoms with Crippen LogP contribution in [-0.4, -0.2) is 44.9 Å². The number of unbranched alkanes of at least 4 members (excludes halogenated alkanes) is 1. The van der Waals surface area contributed by atoms with Gasteiger partial charge in [0.1, 0.15) is 5.83 Å². The smallest absolute Gasteiger partial charge is 0.303 e. The lowest BCUT2D eigenvalue weighted by atomic mass is 9.91. The number of hydrogen-bond donors (Lipinski definition) is 1. The van der Waals surface area contributed by atoms with Crippen molar-refractivity contribution in [2.45, 2.75) is 44.9 Å². The first-order valence-electron chi connectivity index (χ1n) is 13.0. The number of hydrogen-bond acceptors (Lipinski definition) is 4. The first kappa shape index (κ1) is 26.0. The highest BCUT2D eigenvalue weighted by atomic mass is 35.5. The summed E-state index contributed by atoms with van der Waals surface area (Å²) in [6.07, 6.45) is 7.34. The van der Waals surface area contributed by atoms with Crippen molar-refractivity contribution in [3.63, 3.8) is 0 Å². The van der Waals surface area contributed by atoms with Crippen LogP contribution >= 0.6 is 11.6 Å². The van der Waals surface area contributed by atoms with E-state index < -0.39 is 5.97 Å². The maximum Gasteiger partial charge on any atom is 0.303 e. The molecule has 1 atom stereocenters. The molecule has 0 bridgehead atoms. The first-order valence-corrected chi connectivity index (χ1v) is 13.4. The van der Waals surface area contributed by atoms with E-state index in [-0.39, 0.29) is 24.1 Å². The Labute approximate surface area is 225 Å². The Hall–Kier alpha value is -3.58. The second kappa shape index (κ2) is 11.4. The molecule has 0 radical (unpaired) electrons. The van der Waals surface area contributed by atoms with Gasteiger partial charge in [-0.2, -0.15) is 0 Å². The van der Waals surface area contributed by atoms with Gasteiger partial charge in [-0.3, -0.25) is 9.59 Å². The summed E-state index contributed by atoms with van der Waals surface area (Å²) in [6, 6.07) is 12.8. The molecule has 1 unspecified atom stereocenters. The minimum absolute atomic E-state index is 0.0425. The third kappa shape index (κ3) is 5.94. The molecule has 1 N–H and O–H groups in total. The molecule has 1 aromatic heterocycles. The zero-order chi connectivity index (χ0) is 26.6. The number of nitrogens with zero attached hydrogens (tertiary/aromatic N) is 3. The predicted octanol–water partition coefficient (Wildman–Crippen LogP) is 6.78. The van der Waals surface area contributed by atoms with Gasteiger partial charge in [0.15, 0.2) is 0 Å². The summed E-state index contributed by atoms with van der Waals surface area (Å²) in [4.78, 5) is 35.9. The Kier molecular flexibility index (Phi) is 7.84. The molecule has 0 spiro atoms. The molecule has 2 aromatic carbocycles. The summed E-state index contributed by atoms with van der Waals surface area (Å²) in [5.41, 5.74) is 5.47. The van der Waals surface area contributed by atoms with Crippen molar-refractivity contribution in [3.8, 4) is 11.3 Å². The molecule has 1 saturated heterocycles. The number of benzene rings is 2. The zero-order valence-corrected chi connectivity index (χ0v) is 21.8. The van der Waals surface area contributed by atoms with Gasteiger partial charge in [-0.1, -0.05) is 35.4 Å². The average Bonchev–Trinajstić information content (AvgIpc) is 3.41. The highest BCUT2D eigenvalue weighted by molar-refractivity contribution is 6.30. The van der Waals surface area contributed by atoms with Gasteiger partial charge in [-0.15, -0.1) is 0 Å². The molecular formula is C30H29ClFN3O3. The maximum atomic E-state index is 13.4. The van der Waals surface area contributed by atoms with Crippen molar-refractivity contribution in [2.24, 2.45) is 5.92 Å². The van der Waals surface area contributed by atoms with E-state index in [2.05, 4.69) is 0 Å². The van der Waals surface area contributed by atoms with Crippen molar-refractivity contribution in [1.82, 2.24) is 14.9 Å². The van der Waals surface area contributed by atoms with Crippen LogP contribution in [0, 0.1) is 5.92 Å². The molecule has 1 aliphatic carbocycles. The van der Waals surface area contributed by atoms with Crippen molar-refractivity contribution < 1.29 is 19.1 Å². The van der Waals surface area contributed by atoms with E-state index >= 15 is 0 Å². The fourth-order valence-electron chi connectivity index (χ4n) is 5.20. The summed E-state index contributed by atoms with van der Waals surface area (Å²) >= 11 is 6.08. The van der Waals surface area contributed by atoms with Gasteiger partial charge in [0.25, 0.3) is 5.91 Å². The minimum Gasteiger partial charge on any atom is -0.481 e. The normalized spacial score (nSPS) is 17.4. The lowest BCUT2D eigenvalue weighted by Crippen LogP contribution is -2.29. The summed E-state index contributed by atoms with van der Waals surface area (Å²) in [5.74, 6) is -0.678. The summed E-state index contributed by atoms with van der Waals surface area (Å²) in [5, 5.41) is 9.61. The number of halogens is 2. The maximum absolute atomic E-state index is 13.4. The number of aliphatic carboxylic acids is 1. The van der Waals surface area contributed by atoms with Crippen LogP contribution < -0.4 is 0 Å². The second-order valence-electron chi connectivity index (χ2n) is 9.92. The number of carbonyl (C=O) groups is 2. The van der Waals surface area contributed by atoms with Crippen molar-refractivity contribution in [3.05, 3.63) is 82.3 Å². The van der Waals surface area contributed by atoms with E-state index in [9.17, 15) is 14.0 Å². The molecule has 3 aromatic rings. The molecule has 196 valence electrons.